The van der Waals surface area contributed by atoms with Crippen LogP contribution in [0.4, 0.5) is 0 Å². The average Bonchev–Trinajstić information content (AvgIpc) is 2.46. The monoisotopic (exact) mass is 319 g/mol. The number of nitrogens with zero attached hydrogens (tertiary/aromatic N) is 2. The van der Waals surface area contributed by atoms with Crippen molar-refractivity contribution in [2.45, 2.75) is 32.9 Å². The van der Waals surface area contributed by atoms with E-state index in [2.05, 4.69) is 10.4 Å². The maximum absolute atomic E-state index is 11.8. The Morgan fingerprint density at radius 2 is 1.91 bits per heavy atom. The van der Waals surface area contributed by atoms with Gasteiger partial charge in [-0.25, -0.2) is 4.68 Å². The van der Waals surface area contributed by atoms with Gasteiger partial charge in [-0.3, -0.25) is 9.59 Å². The topological polar surface area (TPSA) is 64.0 Å². The zero-order valence-corrected chi connectivity index (χ0v) is 13.3. The van der Waals surface area contributed by atoms with Gasteiger partial charge in [0.1, 0.15) is 0 Å². The van der Waals surface area contributed by atoms with E-state index in [1.165, 1.54) is 10.7 Å². The molecule has 2 rings (SSSR count). The van der Waals surface area contributed by atoms with Gasteiger partial charge in [-0.2, -0.15) is 5.10 Å². The maximum Gasteiger partial charge on any atom is 0.266 e. The highest BCUT2D eigenvalue weighted by atomic mass is 35.5. The van der Waals surface area contributed by atoms with E-state index in [1.54, 1.807) is 18.2 Å². The summed E-state index contributed by atoms with van der Waals surface area (Å²) in [5, 5.41) is 7.73. The van der Waals surface area contributed by atoms with Crippen molar-refractivity contribution < 1.29 is 4.79 Å². The van der Waals surface area contributed by atoms with Gasteiger partial charge in [0, 0.05) is 29.1 Å². The predicted molar refractivity (Wildman–Crippen MR) is 86.8 cm³/mol. The second-order valence-corrected chi connectivity index (χ2v) is 5.70. The van der Waals surface area contributed by atoms with Crippen molar-refractivity contribution in [2.24, 2.45) is 0 Å². The predicted octanol–water partition coefficient (Wildman–Crippen LogP) is 2.48. The van der Waals surface area contributed by atoms with E-state index in [4.69, 9.17) is 11.6 Å². The molecule has 1 amide bonds. The van der Waals surface area contributed by atoms with E-state index in [0.717, 1.165) is 5.56 Å². The summed E-state index contributed by atoms with van der Waals surface area (Å²) in [5.74, 6) is -0.0967. The number of carbonyl (C=O) groups excluding carboxylic acids is 1. The minimum Gasteiger partial charge on any atom is -0.354 e. The van der Waals surface area contributed by atoms with Gasteiger partial charge in [-0.05, 0) is 32.0 Å². The van der Waals surface area contributed by atoms with Crippen LogP contribution in [0.25, 0.3) is 11.3 Å². The quantitative estimate of drug-likeness (QED) is 0.921. The number of aryl methyl sites for hydroxylation is 1. The summed E-state index contributed by atoms with van der Waals surface area (Å²) in [4.78, 5) is 23.5. The fraction of sp³-hybridized carbons (Fsp3) is 0.312. The first-order chi connectivity index (χ1) is 10.5. The molecule has 6 heteroatoms. The SMILES string of the molecule is CC(C)NC(=O)CCn1nc(-c2ccc(Cl)cc2)ccc1=O. The van der Waals surface area contributed by atoms with Gasteiger partial charge in [0.15, 0.2) is 0 Å². The lowest BCUT2D eigenvalue weighted by molar-refractivity contribution is -0.121. The van der Waals surface area contributed by atoms with Crippen LogP contribution in [0.3, 0.4) is 0 Å². The molecule has 22 heavy (non-hydrogen) atoms. The second-order valence-electron chi connectivity index (χ2n) is 5.26. The van der Waals surface area contributed by atoms with E-state index < -0.39 is 0 Å². The number of amides is 1. The number of benzene rings is 1. The van der Waals surface area contributed by atoms with Gasteiger partial charge < -0.3 is 5.32 Å². The van der Waals surface area contributed by atoms with Crippen LogP contribution in [0.2, 0.25) is 5.02 Å². The minimum absolute atomic E-state index is 0.0811. The highest BCUT2D eigenvalue weighted by Gasteiger charge is 2.07. The van der Waals surface area contributed by atoms with Crippen molar-refractivity contribution in [3.63, 3.8) is 0 Å². The molecule has 1 aromatic heterocycles. The van der Waals surface area contributed by atoms with Crippen LogP contribution in [0.1, 0.15) is 20.3 Å². The van der Waals surface area contributed by atoms with Crippen molar-refractivity contribution >= 4 is 17.5 Å². The molecule has 0 spiro atoms. The molecule has 5 nitrogen and oxygen atoms in total. The molecule has 1 aromatic carbocycles. The Kier molecular flexibility index (Phi) is 5.33. The van der Waals surface area contributed by atoms with Crippen LogP contribution in [0, 0.1) is 0 Å². The Hall–Kier alpha value is -2.14. The molecule has 0 unspecified atom stereocenters. The number of hydrogen-bond acceptors (Lipinski definition) is 3. The summed E-state index contributed by atoms with van der Waals surface area (Å²) in [7, 11) is 0. The molecule has 0 aliphatic carbocycles. The van der Waals surface area contributed by atoms with Gasteiger partial charge in [-0.15, -0.1) is 0 Å². The standard InChI is InChI=1S/C16H18ClN3O2/c1-11(2)18-15(21)9-10-20-16(22)8-7-14(19-20)12-3-5-13(17)6-4-12/h3-8,11H,9-10H2,1-2H3,(H,18,21). The van der Waals surface area contributed by atoms with Crippen LogP contribution in [0.5, 0.6) is 0 Å². The normalized spacial score (nSPS) is 10.7. The molecule has 0 saturated heterocycles. The molecule has 1 heterocycles. The molecule has 0 bridgehead atoms. The summed E-state index contributed by atoms with van der Waals surface area (Å²) in [5.41, 5.74) is 1.31. The van der Waals surface area contributed by atoms with Crippen LogP contribution in [-0.4, -0.2) is 21.7 Å². The zero-order valence-electron chi connectivity index (χ0n) is 12.5. The summed E-state index contributed by atoms with van der Waals surface area (Å²) in [6.07, 6.45) is 0.217. The number of rotatable bonds is 5. The Labute approximate surface area is 133 Å². The van der Waals surface area contributed by atoms with Crippen molar-refractivity contribution in [1.29, 1.82) is 0 Å². The van der Waals surface area contributed by atoms with Gasteiger partial charge in [0.2, 0.25) is 5.91 Å². The van der Waals surface area contributed by atoms with E-state index in [0.29, 0.717) is 10.7 Å². The maximum atomic E-state index is 11.8. The fourth-order valence-electron chi connectivity index (χ4n) is 1.99. The minimum atomic E-state index is -0.227. The summed E-state index contributed by atoms with van der Waals surface area (Å²) < 4.78 is 1.31. The highest BCUT2D eigenvalue weighted by Crippen LogP contribution is 2.18. The van der Waals surface area contributed by atoms with Gasteiger partial charge >= 0.3 is 0 Å². The first-order valence-corrected chi connectivity index (χ1v) is 7.47. The number of carbonyl (C=O) groups is 1. The third kappa shape index (κ3) is 4.43. The largest absolute Gasteiger partial charge is 0.354 e. The lowest BCUT2D eigenvalue weighted by Gasteiger charge is -2.09. The van der Waals surface area contributed by atoms with Crippen molar-refractivity contribution in [1.82, 2.24) is 15.1 Å². The smallest absolute Gasteiger partial charge is 0.266 e. The van der Waals surface area contributed by atoms with Crippen LogP contribution < -0.4 is 10.9 Å². The van der Waals surface area contributed by atoms with Crippen molar-refractivity contribution in [2.75, 3.05) is 0 Å². The molecular formula is C16H18ClN3O2. The fourth-order valence-corrected chi connectivity index (χ4v) is 2.11. The van der Waals surface area contributed by atoms with Gasteiger partial charge in [0.25, 0.3) is 5.56 Å². The Morgan fingerprint density at radius 1 is 1.23 bits per heavy atom. The summed E-state index contributed by atoms with van der Waals surface area (Å²) >= 11 is 5.86. The Bertz CT molecular complexity index is 708. The summed E-state index contributed by atoms with van der Waals surface area (Å²) in [6, 6.07) is 10.4. The van der Waals surface area contributed by atoms with Crippen molar-refractivity contribution in [3.8, 4) is 11.3 Å². The van der Waals surface area contributed by atoms with E-state index in [9.17, 15) is 9.59 Å². The Morgan fingerprint density at radius 3 is 2.55 bits per heavy atom. The summed E-state index contributed by atoms with van der Waals surface area (Å²) in [6.45, 7) is 4.03. The molecule has 0 radical (unpaired) electrons. The molecule has 2 aromatic rings. The highest BCUT2D eigenvalue weighted by molar-refractivity contribution is 6.30. The van der Waals surface area contributed by atoms with Crippen LogP contribution >= 0.6 is 11.6 Å². The first-order valence-electron chi connectivity index (χ1n) is 7.09. The number of halogens is 1. The molecule has 0 fully saturated rings. The molecule has 0 saturated carbocycles. The van der Waals surface area contributed by atoms with Gasteiger partial charge in [0.05, 0.1) is 12.2 Å². The number of aromatic nitrogens is 2. The number of hydrogen-bond donors (Lipinski definition) is 1. The van der Waals surface area contributed by atoms with Crippen LogP contribution in [0.15, 0.2) is 41.2 Å². The molecular weight excluding hydrogens is 302 g/mol. The van der Waals surface area contributed by atoms with E-state index in [-0.39, 0.29) is 30.5 Å². The molecule has 116 valence electrons. The van der Waals surface area contributed by atoms with E-state index >= 15 is 0 Å². The molecule has 1 N–H and O–H groups in total. The molecule has 0 atom stereocenters. The number of nitrogens with one attached hydrogen (secondary N) is 1. The third-order valence-electron chi connectivity index (χ3n) is 3.01. The first kappa shape index (κ1) is 16.2. The molecule has 0 aliphatic heterocycles. The van der Waals surface area contributed by atoms with Gasteiger partial charge in [-0.1, -0.05) is 23.7 Å². The Balaban J connectivity index is 2.15. The second kappa shape index (κ2) is 7.22. The third-order valence-corrected chi connectivity index (χ3v) is 3.26. The van der Waals surface area contributed by atoms with E-state index in [1.807, 2.05) is 26.0 Å². The molecule has 0 aliphatic rings. The van der Waals surface area contributed by atoms with Crippen LogP contribution in [-0.2, 0) is 11.3 Å². The lowest BCUT2D eigenvalue weighted by atomic mass is 10.1. The zero-order chi connectivity index (χ0) is 16.1. The average molecular weight is 320 g/mol. The van der Waals surface area contributed by atoms with Crippen molar-refractivity contribution in [3.05, 3.63) is 51.8 Å². The lowest BCUT2D eigenvalue weighted by Crippen LogP contribution is -2.32.